The number of hydrogen-bond acceptors (Lipinski definition) is 6. The number of carbonyl (C=O) groups excluding carboxylic acids is 1. The largest absolute Gasteiger partial charge is 0.272 e. The van der Waals surface area contributed by atoms with Crippen molar-refractivity contribution in [3.05, 3.63) is 80.5 Å². The van der Waals surface area contributed by atoms with Gasteiger partial charge in [0.2, 0.25) is 0 Å². The van der Waals surface area contributed by atoms with Crippen LogP contribution in [0.3, 0.4) is 0 Å². The van der Waals surface area contributed by atoms with E-state index in [1.165, 1.54) is 11.8 Å². The quantitative estimate of drug-likeness (QED) is 0.195. The molecule has 0 fully saturated rings. The van der Waals surface area contributed by atoms with Gasteiger partial charge in [0.1, 0.15) is 0 Å². The summed E-state index contributed by atoms with van der Waals surface area (Å²) in [5.74, 6) is 0.532. The third-order valence-electron chi connectivity index (χ3n) is 4.43. The van der Waals surface area contributed by atoms with E-state index >= 15 is 0 Å². The Labute approximate surface area is 203 Å². The highest BCUT2D eigenvalue weighted by atomic mass is 35.5. The number of thioether (sulfide) groups is 1. The number of carbonyl (C=O) groups is 1. The van der Waals surface area contributed by atoms with Crippen molar-refractivity contribution in [3.8, 4) is 17.1 Å². The smallest absolute Gasteiger partial charge is 0.250 e. The van der Waals surface area contributed by atoms with Gasteiger partial charge in [-0.2, -0.15) is 5.10 Å². The fourth-order valence-electron chi connectivity index (χ4n) is 2.81. The van der Waals surface area contributed by atoms with Crippen LogP contribution in [0.2, 0.25) is 10.0 Å². The molecule has 0 aliphatic rings. The highest BCUT2D eigenvalue weighted by Crippen LogP contribution is 2.29. The van der Waals surface area contributed by atoms with Gasteiger partial charge in [-0.3, -0.25) is 9.36 Å². The Hall–Kier alpha value is -2.65. The first-order chi connectivity index (χ1) is 15.5. The fourth-order valence-corrected chi connectivity index (χ4v) is 4.60. The highest BCUT2D eigenvalue weighted by Gasteiger charge is 2.17. The van der Waals surface area contributed by atoms with Crippen LogP contribution < -0.4 is 5.43 Å². The van der Waals surface area contributed by atoms with Gasteiger partial charge in [-0.1, -0.05) is 35.0 Å². The maximum Gasteiger partial charge on any atom is 0.250 e. The molecule has 6 nitrogen and oxygen atoms in total. The molecule has 162 valence electrons. The lowest BCUT2D eigenvalue weighted by atomic mass is 10.2. The minimum Gasteiger partial charge on any atom is -0.272 e. The Morgan fingerprint density at radius 1 is 1.09 bits per heavy atom. The maximum absolute atomic E-state index is 12.3. The third kappa shape index (κ3) is 5.39. The molecule has 0 bridgehead atoms. The van der Waals surface area contributed by atoms with Gasteiger partial charge in [0.25, 0.3) is 5.91 Å². The van der Waals surface area contributed by atoms with E-state index in [0.717, 1.165) is 21.7 Å². The topological polar surface area (TPSA) is 72.2 Å². The second-order valence-corrected chi connectivity index (χ2v) is 9.44. The van der Waals surface area contributed by atoms with Crippen LogP contribution in [0, 0.1) is 6.92 Å². The van der Waals surface area contributed by atoms with Gasteiger partial charge in [-0.15, -0.1) is 21.5 Å². The summed E-state index contributed by atoms with van der Waals surface area (Å²) in [5, 5.41) is 16.5. The van der Waals surface area contributed by atoms with Crippen molar-refractivity contribution in [1.29, 1.82) is 0 Å². The lowest BCUT2D eigenvalue weighted by Crippen LogP contribution is -2.20. The number of amides is 1. The van der Waals surface area contributed by atoms with Crippen molar-refractivity contribution in [2.75, 3.05) is 5.75 Å². The van der Waals surface area contributed by atoms with Gasteiger partial charge in [0.05, 0.1) is 12.0 Å². The minimum atomic E-state index is -0.237. The molecule has 0 spiro atoms. The predicted octanol–water partition coefficient (Wildman–Crippen LogP) is 5.85. The average molecular weight is 502 g/mol. The Bertz CT molecular complexity index is 1250. The van der Waals surface area contributed by atoms with E-state index in [2.05, 4.69) is 20.7 Å². The number of nitrogens with one attached hydrogen (secondary N) is 1. The summed E-state index contributed by atoms with van der Waals surface area (Å²) >= 11 is 14.9. The molecule has 0 saturated heterocycles. The molecule has 10 heteroatoms. The van der Waals surface area contributed by atoms with E-state index in [9.17, 15) is 4.79 Å². The van der Waals surface area contributed by atoms with Crippen LogP contribution in [-0.4, -0.2) is 32.6 Å². The standard InChI is InChI=1S/C22H17Cl2N5OS2/c1-14-10-11-31-19(14)12-25-26-20(30)13-32-22-28-27-21(15-2-4-16(23)5-3-15)29(22)18-8-6-17(24)7-9-18/h2-12H,13H2,1H3,(H,26,30)/b25-12+. The van der Waals surface area contributed by atoms with Gasteiger partial charge < -0.3 is 0 Å². The van der Waals surface area contributed by atoms with Crippen molar-refractivity contribution in [3.63, 3.8) is 0 Å². The summed E-state index contributed by atoms with van der Waals surface area (Å²) in [6.45, 7) is 2.00. The second-order valence-electron chi connectivity index (χ2n) is 6.67. The lowest BCUT2D eigenvalue weighted by Gasteiger charge is -2.10. The zero-order chi connectivity index (χ0) is 22.5. The van der Waals surface area contributed by atoms with E-state index in [-0.39, 0.29) is 11.7 Å². The summed E-state index contributed by atoms with van der Waals surface area (Å²) in [5.41, 5.74) is 5.36. The summed E-state index contributed by atoms with van der Waals surface area (Å²) in [6, 6.07) is 16.7. The summed E-state index contributed by atoms with van der Waals surface area (Å²) in [4.78, 5) is 13.3. The third-order valence-corrected chi connectivity index (χ3v) is 6.81. The summed E-state index contributed by atoms with van der Waals surface area (Å²) in [6.07, 6.45) is 1.65. The van der Waals surface area contributed by atoms with Crippen LogP contribution in [-0.2, 0) is 4.79 Å². The van der Waals surface area contributed by atoms with Crippen LogP contribution in [0.5, 0.6) is 0 Å². The number of aromatic nitrogens is 3. The van der Waals surface area contributed by atoms with Crippen molar-refractivity contribution in [2.45, 2.75) is 12.1 Å². The molecule has 0 radical (unpaired) electrons. The monoisotopic (exact) mass is 501 g/mol. The number of aryl methyl sites for hydroxylation is 1. The first-order valence-electron chi connectivity index (χ1n) is 9.47. The molecule has 0 unspecified atom stereocenters. The van der Waals surface area contributed by atoms with Crippen molar-refractivity contribution in [2.24, 2.45) is 5.10 Å². The molecule has 32 heavy (non-hydrogen) atoms. The van der Waals surface area contributed by atoms with Crippen molar-refractivity contribution >= 4 is 58.4 Å². The number of nitrogens with zero attached hydrogens (tertiary/aromatic N) is 4. The number of thiophene rings is 1. The predicted molar refractivity (Wildman–Crippen MR) is 132 cm³/mol. The number of hydrazone groups is 1. The van der Waals surface area contributed by atoms with Gasteiger partial charge >= 0.3 is 0 Å². The minimum absolute atomic E-state index is 0.132. The highest BCUT2D eigenvalue weighted by molar-refractivity contribution is 7.99. The van der Waals surface area contributed by atoms with E-state index in [1.807, 2.05) is 47.2 Å². The van der Waals surface area contributed by atoms with E-state index < -0.39 is 0 Å². The van der Waals surface area contributed by atoms with Gasteiger partial charge in [-0.05, 0) is 72.5 Å². The molecule has 2 aromatic heterocycles. The van der Waals surface area contributed by atoms with Gasteiger partial charge in [0, 0.05) is 26.2 Å². The molecule has 4 rings (SSSR count). The molecular weight excluding hydrogens is 485 g/mol. The molecule has 0 aliphatic carbocycles. The number of rotatable bonds is 7. The molecule has 2 aromatic carbocycles. The zero-order valence-electron chi connectivity index (χ0n) is 16.8. The van der Waals surface area contributed by atoms with Crippen molar-refractivity contribution in [1.82, 2.24) is 20.2 Å². The maximum atomic E-state index is 12.3. The molecule has 0 aliphatic heterocycles. The molecule has 0 atom stereocenters. The fraction of sp³-hybridized carbons (Fsp3) is 0.0909. The molecule has 4 aromatic rings. The molecule has 0 saturated carbocycles. The average Bonchev–Trinajstić information content (AvgIpc) is 3.40. The first-order valence-corrected chi connectivity index (χ1v) is 12.1. The molecule has 2 heterocycles. The van der Waals surface area contributed by atoms with E-state index in [4.69, 9.17) is 23.2 Å². The molecular formula is C22H17Cl2N5OS2. The van der Waals surface area contributed by atoms with Crippen LogP contribution >= 0.6 is 46.3 Å². The van der Waals surface area contributed by atoms with E-state index in [0.29, 0.717) is 21.0 Å². The number of hydrogen-bond donors (Lipinski definition) is 1. The van der Waals surface area contributed by atoms with Gasteiger partial charge in [-0.25, -0.2) is 5.43 Å². The normalized spacial score (nSPS) is 11.2. The second kappa shape index (κ2) is 10.3. The number of benzene rings is 2. The first kappa shape index (κ1) is 22.5. The summed E-state index contributed by atoms with van der Waals surface area (Å²) < 4.78 is 1.88. The van der Waals surface area contributed by atoms with Crippen LogP contribution in [0.25, 0.3) is 17.1 Å². The Kier molecular flexibility index (Phi) is 7.26. The van der Waals surface area contributed by atoms with Crippen LogP contribution in [0.1, 0.15) is 10.4 Å². The molecule has 1 amide bonds. The van der Waals surface area contributed by atoms with Crippen LogP contribution in [0.15, 0.2) is 70.2 Å². The van der Waals surface area contributed by atoms with E-state index in [1.54, 1.807) is 41.8 Å². The van der Waals surface area contributed by atoms with Crippen molar-refractivity contribution < 1.29 is 4.79 Å². The zero-order valence-corrected chi connectivity index (χ0v) is 20.0. The Morgan fingerprint density at radius 2 is 1.78 bits per heavy atom. The number of halogens is 2. The Balaban J connectivity index is 1.53. The Morgan fingerprint density at radius 3 is 2.44 bits per heavy atom. The lowest BCUT2D eigenvalue weighted by molar-refractivity contribution is -0.118. The van der Waals surface area contributed by atoms with Gasteiger partial charge in [0.15, 0.2) is 11.0 Å². The SMILES string of the molecule is Cc1ccsc1/C=N/NC(=O)CSc1nnc(-c2ccc(Cl)cc2)n1-c1ccc(Cl)cc1. The van der Waals surface area contributed by atoms with Crippen LogP contribution in [0.4, 0.5) is 0 Å². The summed E-state index contributed by atoms with van der Waals surface area (Å²) in [7, 11) is 0. The molecule has 1 N–H and O–H groups in total.